The molecule has 7 heteroatoms. The second-order valence-corrected chi connectivity index (χ2v) is 6.88. The molecule has 0 amide bonds. The minimum Gasteiger partial charge on any atom is -0.680 e. The third kappa shape index (κ3) is 5.07. The van der Waals surface area contributed by atoms with Gasteiger partial charge < -0.3 is 21.8 Å². The first-order valence-corrected chi connectivity index (χ1v) is 9.31. The molecule has 0 bridgehead atoms. The van der Waals surface area contributed by atoms with Crippen LogP contribution in [0.15, 0.2) is 54.6 Å². The molecule has 1 aromatic heterocycles. The van der Waals surface area contributed by atoms with Crippen LogP contribution in [0, 0.1) is 0 Å². The fraction of sp³-hybridized carbons (Fsp3) is 0.143. The van der Waals surface area contributed by atoms with Gasteiger partial charge in [-0.05, 0) is 66.6 Å². The van der Waals surface area contributed by atoms with Crippen LogP contribution in [0.1, 0.15) is 5.56 Å². The van der Waals surface area contributed by atoms with Crippen LogP contribution in [0.4, 0.5) is 11.4 Å². The number of H-pyrrole nitrogens is 1. The Hall–Kier alpha value is -1.14. The fourth-order valence-corrected chi connectivity index (χ4v) is 3.45. The average Bonchev–Trinajstić information content (AvgIpc) is 3.04. The van der Waals surface area contributed by atoms with E-state index in [1.807, 2.05) is 42.5 Å². The predicted octanol–water partition coefficient (Wildman–Crippen LogP) is 7.63. The molecule has 0 fully saturated rings. The summed E-state index contributed by atoms with van der Waals surface area (Å²) in [4.78, 5) is 3.47. The van der Waals surface area contributed by atoms with Crippen molar-refractivity contribution in [3.63, 3.8) is 0 Å². The third-order valence-corrected chi connectivity index (χ3v) is 4.77. The summed E-state index contributed by atoms with van der Waals surface area (Å²) in [5.41, 5.74) is 18.6. The molecular weight excluding hydrogens is 468 g/mol. The van der Waals surface area contributed by atoms with Crippen molar-refractivity contribution in [2.45, 2.75) is 6.42 Å². The van der Waals surface area contributed by atoms with E-state index in [4.69, 9.17) is 34.7 Å². The number of hydrogen-bond acceptors (Lipinski definition) is 1. The van der Waals surface area contributed by atoms with Crippen LogP contribution in [0.25, 0.3) is 33.3 Å². The predicted molar refractivity (Wildman–Crippen MR) is 119 cm³/mol. The van der Waals surface area contributed by atoms with E-state index in [0.717, 1.165) is 38.7 Å². The zero-order valence-corrected chi connectivity index (χ0v) is 19.8. The Morgan fingerprint density at radius 3 is 2.21 bits per heavy atom. The summed E-state index contributed by atoms with van der Waals surface area (Å²) < 4.78 is 0. The Kier molecular flexibility index (Phi) is 8.75. The Morgan fingerprint density at radius 1 is 0.857 bits per heavy atom. The average molecular weight is 488 g/mol. The molecule has 0 aliphatic carbocycles. The van der Waals surface area contributed by atoms with Crippen molar-refractivity contribution < 1.29 is 32.7 Å². The quantitative estimate of drug-likeness (QED) is 0.305. The molecule has 0 spiro atoms. The Balaban J connectivity index is 0.000000906. The van der Waals surface area contributed by atoms with Crippen LogP contribution in [0.3, 0.4) is 0 Å². The first-order valence-electron chi connectivity index (χ1n) is 8.55. The number of fused-ring (bicyclic) bond motifs is 3. The van der Waals surface area contributed by atoms with Gasteiger partial charge in [0.05, 0.1) is 0 Å². The van der Waals surface area contributed by atoms with Gasteiger partial charge in [-0.3, -0.25) is 0 Å². The number of aromatic nitrogens is 1. The number of nitrogens with one attached hydrogen (secondary N) is 4. The minimum atomic E-state index is 0. The summed E-state index contributed by atoms with van der Waals surface area (Å²) in [5, 5.41) is 7.05. The molecule has 0 saturated heterocycles. The molecule has 0 saturated carbocycles. The Bertz CT molecular complexity index is 1060. The van der Waals surface area contributed by atoms with Gasteiger partial charge in [0.1, 0.15) is 0 Å². The summed E-state index contributed by atoms with van der Waals surface area (Å²) in [7, 11) is 1.25. The largest absolute Gasteiger partial charge is 0.680 e. The molecule has 28 heavy (non-hydrogen) atoms. The van der Waals surface area contributed by atoms with Gasteiger partial charge in [-0.1, -0.05) is 23.2 Å². The maximum Gasteiger partial charge on any atom is 0.0498 e. The van der Waals surface area contributed by atoms with Crippen molar-refractivity contribution in [3.8, 4) is 0 Å². The molecule has 4 nitrogen and oxygen atoms in total. The van der Waals surface area contributed by atoms with E-state index >= 15 is 0 Å². The second-order valence-electron chi connectivity index (χ2n) is 6.00. The van der Waals surface area contributed by atoms with Crippen molar-refractivity contribution in [1.29, 1.82) is 0 Å². The van der Waals surface area contributed by atoms with Crippen LogP contribution < -0.4 is 5.32 Å². The summed E-state index contributed by atoms with van der Waals surface area (Å²) in [6.45, 7) is 0.343. The van der Waals surface area contributed by atoms with Crippen molar-refractivity contribution in [2.24, 2.45) is 0 Å². The Morgan fingerprint density at radius 2 is 1.54 bits per heavy atom. The molecule has 4 N–H and O–H groups in total. The van der Waals surface area contributed by atoms with E-state index in [1.54, 1.807) is 0 Å². The van der Waals surface area contributed by atoms with Crippen LogP contribution in [-0.4, -0.2) is 18.6 Å². The molecule has 4 aromatic rings. The van der Waals surface area contributed by atoms with Gasteiger partial charge in [0.25, 0.3) is 0 Å². The molecule has 0 aliphatic rings. The van der Waals surface area contributed by atoms with E-state index in [-0.39, 0.29) is 32.7 Å². The number of halogens is 2. The molecule has 1 heterocycles. The molecule has 0 unspecified atom stereocenters. The molecule has 3 aromatic carbocycles. The molecule has 1 radical (unpaired) electrons. The fourth-order valence-electron chi connectivity index (χ4n) is 3.15. The van der Waals surface area contributed by atoms with Gasteiger partial charge in [-0.15, -0.1) is 6.54 Å². The number of hydrogen-bond donors (Lipinski definition) is 2. The van der Waals surface area contributed by atoms with E-state index in [1.165, 1.54) is 7.05 Å². The van der Waals surface area contributed by atoms with Crippen molar-refractivity contribution in [2.75, 3.05) is 18.9 Å². The molecule has 0 aliphatic heterocycles. The molecule has 4 rings (SSSR count). The zero-order valence-electron chi connectivity index (χ0n) is 15.4. The standard InChI is InChI=1S/C20H16Cl2N3.CH4N.Y/c21-13-1-4-15(5-2-13)24-16-9-12(7-8-23)20-18(11-16)17-10-14(22)3-6-19(17)25-20;1-2;/h1-6,9-11,23-25H,7-8H2;2H,1H3;/q2*-1;. The summed E-state index contributed by atoms with van der Waals surface area (Å²) in [5.74, 6) is 0. The number of anilines is 2. The smallest absolute Gasteiger partial charge is 0.0498 e. The molecule has 143 valence electrons. The maximum absolute atomic E-state index is 7.63. The van der Waals surface area contributed by atoms with E-state index in [9.17, 15) is 0 Å². The molecule has 0 atom stereocenters. The SMILES string of the molecule is C[NH-].[NH-]CCc1cc(Nc2ccc(Cl)cc2)cc2c1[nH]c1ccc(Cl)cc12.[Y]. The Labute approximate surface area is 199 Å². The van der Waals surface area contributed by atoms with Crippen molar-refractivity contribution in [3.05, 3.63) is 81.7 Å². The number of rotatable bonds is 4. The molecular formula is C21H20Cl2N4Y-2. The maximum atomic E-state index is 7.63. The third-order valence-electron chi connectivity index (χ3n) is 4.28. The van der Waals surface area contributed by atoms with Gasteiger partial charge >= 0.3 is 0 Å². The summed E-state index contributed by atoms with van der Waals surface area (Å²) >= 11 is 12.1. The zero-order chi connectivity index (χ0) is 19.4. The van der Waals surface area contributed by atoms with E-state index in [0.29, 0.717) is 23.0 Å². The van der Waals surface area contributed by atoms with Crippen LogP contribution >= 0.6 is 23.2 Å². The minimum absolute atomic E-state index is 0. The topological polar surface area (TPSA) is 75.4 Å². The van der Waals surface area contributed by atoms with Crippen LogP contribution in [0.5, 0.6) is 0 Å². The van der Waals surface area contributed by atoms with E-state index < -0.39 is 0 Å². The van der Waals surface area contributed by atoms with Gasteiger partial charge in [0.2, 0.25) is 0 Å². The monoisotopic (exact) mass is 487 g/mol. The van der Waals surface area contributed by atoms with Crippen LogP contribution in [0.2, 0.25) is 10.0 Å². The van der Waals surface area contributed by atoms with Gasteiger partial charge in [-0.25, -0.2) is 0 Å². The van der Waals surface area contributed by atoms with Crippen molar-refractivity contribution in [1.82, 2.24) is 4.98 Å². The van der Waals surface area contributed by atoms with Gasteiger partial charge in [-0.2, -0.15) is 7.05 Å². The first-order chi connectivity index (χ1) is 13.1. The van der Waals surface area contributed by atoms with E-state index in [2.05, 4.69) is 22.4 Å². The second kappa shape index (κ2) is 10.6. The van der Waals surface area contributed by atoms with Crippen molar-refractivity contribution >= 4 is 56.4 Å². The van der Waals surface area contributed by atoms with Crippen LogP contribution in [-0.2, 0) is 39.1 Å². The first kappa shape index (κ1) is 23.1. The number of benzene rings is 3. The van der Waals surface area contributed by atoms with Gasteiger partial charge in [0, 0.05) is 75.9 Å². The summed E-state index contributed by atoms with van der Waals surface area (Å²) in [6.07, 6.45) is 0.688. The van der Waals surface area contributed by atoms with Gasteiger partial charge in [0.15, 0.2) is 0 Å². The number of aromatic amines is 1. The normalized spacial score (nSPS) is 10.3. The summed E-state index contributed by atoms with van der Waals surface area (Å²) in [6, 6.07) is 17.7.